The molecular formula is C13H9BrClNO3. The molecule has 0 heterocycles. The highest BCUT2D eigenvalue weighted by molar-refractivity contribution is 9.10. The van der Waals surface area contributed by atoms with E-state index in [4.69, 9.17) is 27.2 Å². The quantitative estimate of drug-likeness (QED) is 0.821. The molecular weight excluding hydrogens is 334 g/mol. The topological polar surface area (TPSA) is 72.6 Å². The monoisotopic (exact) mass is 341 g/mol. The second-order valence-electron chi connectivity index (χ2n) is 3.74. The Morgan fingerprint density at radius 2 is 1.95 bits per heavy atom. The van der Waals surface area contributed by atoms with E-state index in [9.17, 15) is 4.79 Å². The molecule has 0 aromatic heterocycles. The average Bonchev–Trinajstić information content (AvgIpc) is 2.32. The minimum Gasteiger partial charge on any atom is -0.478 e. The number of hydrogen-bond donors (Lipinski definition) is 2. The Bertz CT molecular complexity index is 646. The Morgan fingerprint density at radius 3 is 2.58 bits per heavy atom. The number of anilines is 1. The molecule has 0 aliphatic heterocycles. The lowest BCUT2D eigenvalue weighted by atomic mass is 10.2. The van der Waals surface area contributed by atoms with Gasteiger partial charge in [-0.25, -0.2) is 4.79 Å². The predicted octanol–water partition coefficient (Wildman–Crippen LogP) is 4.18. The summed E-state index contributed by atoms with van der Waals surface area (Å²) in [7, 11) is 0. The Morgan fingerprint density at radius 1 is 1.21 bits per heavy atom. The summed E-state index contributed by atoms with van der Waals surface area (Å²) >= 11 is 9.12. The number of carbonyl (C=O) groups is 1. The van der Waals surface area contributed by atoms with E-state index in [0.717, 1.165) is 0 Å². The summed E-state index contributed by atoms with van der Waals surface area (Å²) in [6.07, 6.45) is 0. The minimum atomic E-state index is -1.08. The summed E-state index contributed by atoms with van der Waals surface area (Å²) in [5.74, 6) is -0.451. The van der Waals surface area contributed by atoms with Gasteiger partial charge >= 0.3 is 5.97 Å². The van der Waals surface area contributed by atoms with Crippen molar-refractivity contribution in [3.8, 4) is 11.5 Å². The van der Waals surface area contributed by atoms with E-state index in [0.29, 0.717) is 20.9 Å². The third-order valence-corrected chi connectivity index (χ3v) is 3.20. The van der Waals surface area contributed by atoms with Crippen LogP contribution in [0.1, 0.15) is 10.4 Å². The van der Waals surface area contributed by atoms with E-state index in [1.54, 1.807) is 18.2 Å². The van der Waals surface area contributed by atoms with Gasteiger partial charge in [0.1, 0.15) is 17.1 Å². The molecule has 0 amide bonds. The fourth-order valence-electron chi connectivity index (χ4n) is 1.48. The molecule has 98 valence electrons. The Hall–Kier alpha value is -1.72. The number of hydrogen-bond acceptors (Lipinski definition) is 3. The van der Waals surface area contributed by atoms with Gasteiger partial charge in [-0.3, -0.25) is 0 Å². The van der Waals surface area contributed by atoms with Crippen LogP contribution in [0.5, 0.6) is 11.5 Å². The van der Waals surface area contributed by atoms with Crippen LogP contribution in [-0.2, 0) is 0 Å². The normalized spacial score (nSPS) is 10.2. The van der Waals surface area contributed by atoms with Crippen LogP contribution in [-0.4, -0.2) is 11.1 Å². The number of nitrogen functional groups attached to an aromatic ring is 1. The number of nitrogens with two attached hydrogens (primary N) is 1. The van der Waals surface area contributed by atoms with Crippen molar-refractivity contribution in [2.45, 2.75) is 0 Å². The van der Waals surface area contributed by atoms with E-state index in [1.165, 1.54) is 18.2 Å². The molecule has 2 aromatic carbocycles. The molecule has 0 saturated carbocycles. The third kappa shape index (κ3) is 3.19. The fraction of sp³-hybridized carbons (Fsp3) is 0. The van der Waals surface area contributed by atoms with Gasteiger partial charge in [-0.2, -0.15) is 0 Å². The Labute approximate surface area is 122 Å². The highest BCUT2D eigenvalue weighted by Crippen LogP contribution is 2.34. The summed E-state index contributed by atoms with van der Waals surface area (Å²) < 4.78 is 6.19. The van der Waals surface area contributed by atoms with Crippen LogP contribution >= 0.6 is 27.5 Å². The molecule has 4 nitrogen and oxygen atoms in total. The standard InChI is InChI=1S/C13H9BrClNO3/c14-10-5-7(15)1-4-11(10)19-12-6-8(16)2-3-9(12)13(17)18/h1-6H,16H2,(H,17,18). The molecule has 2 rings (SSSR count). The second kappa shape index (κ2) is 5.50. The van der Waals surface area contributed by atoms with Crippen molar-refractivity contribution >= 4 is 39.2 Å². The summed E-state index contributed by atoms with van der Waals surface area (Å²) in [4.78, 5) is 11.1. The lowest BCUT2D eigenvalue weighted by Crippen LogP contribution is -2.01. The van der Waals surface area contributed by atoms with Crippen molar-refractivity contribution in [3.63, 3.8) is 0 Å². The van der Waals surface area contributed by atoms with Gasteiger partial charge in [0.05, 0.1) is 4.47 Å². The molecule has 0 aliphatic rings. The highest BCUT2D eigenvalue weighted by Gasteiger charge is 2.13. The van der Waals surface area contributed by atoms with Crippen LogP contribution in [0.4, 0.5) is 5.69 Å². The van der Waals surface area contributed by atoms with Gasteiger partial charge < -0.3 is 15.6 Å². The van der Waals surface area contributed by atoms with Gasteiger partial charge in [-0.1, -0.05) is 11.6 Å². The first-order valence-corrected chi connectivity index (χ1v) is 6.40. The SMILES string of the molecule is Nc1ccc(C(=O)O)c(Oc2ccc(Cl)cc2Br)c1. The molecule has 0 unspecified atom stereocenters. The van der Waals surface area contributed by atoms with Crippen LogP contribution in [0.3, 0.4) is 0 Å². The zero-order valence-electron chi connectivity index (χ0n) is 9.56. The van der Waals surface area contributed by atoms with Crippen LogP contribution in [0.15, 0.2) is 40.9 Å². The number of rotatable bonds is 3. The van der Waals surface area contributed by atoms with Crippen LogP contribution < -0.4 is 10.5 Å². The number of benzene rings is 2. The van der Waals surface area contributed by atoms with E-state index in [2.05, 4.69) is 15.9 Å². The molecule has 0 fully saturated rings. The highest BCUT2D eigenvalue weighted by atomic mass is 79.9. The zero-order chi connectivity index (χ0) is 14.0. The number of halogens is 2. The van der Waals surface area contributed by atoms with Crippen molar-refractivity contribution in [2.24, 2.45) is 0 Å². The largest absolute Gasteiger partial charge is 0.478 e. The summed E-state index contributed by atoms with van der Waals surface area (Å²) in [6, 6.07) is 9.31. The Kier molecular flexibility index (Phi) is 3.97. The van der Waals surface area contributed by atoms with E-state index >= 15 is 0 Å². The van der Waals surface area contributed by atoms with E-state index in [-0.39, 0.29) is 11.3 Å². The smallest absolute Gasteiger partial charge is 0.339 e. The molecule has 3 N–H and O–H groups in total. The second-order valence-corrected chi connectivity index (χ2v) is 5.03. The molecule has 0 spiro atoms. The predicted molar refractivity (Wildman–Crippen MR) is 77.0 cm³/mol. The lowest BCUT2D eigenvalue weighted by Gasteiger charge is -2.11. The number of aromatic carboxylic acids is 1. The summed E-state index contributed by atoms with van der Waals surface area (Å²) in [5, 5.41) is 9.64. The maximum Gasteiger partial charge on any atom is 0.339 e. The first kappa shape index (κ1) is 13.7. The molecule has 0 atom stereocenters. The van der Waals surface area contributed by atoms with Gasteiger partial charge in [0.2, 0.25) is 0 Å². The van der Waals surface area contributed by atoms with Crippen LogP contribution in [0.2, 0.25) is 5.02 Å². The van der Waals surface area contributed by atoms with E-state index < -0.39 is 5.97 Å². The van der Waals surface area contributed by atoms with Crippen molar-refractivity contribution in [3.05, 3.63) is 51.5 Å². The van der Waals surface area contributed by atoms with Crippen molar-refractivity contribution in [1.82, 2.24) is 0 Å². The van der Waals surface area contributed by atoms with Crippen molar-refractivity contribution < 1.29 is 14.6 Å². The maximum atomic E-state index is 11.1. The first-order valence-electron chi connectivity index (χ1n) is 5.23. The molecule has 0 aliphatic carbocycles. The van der Waals surface area contributed by atoms with Gasteiger partial charge in [0.25, 0.3) is 0 Å². The number of carboxylic acids is 1. The number of carboxylic acid groups (broad SMARTS) is 1. The molecule has 2 aromatic rings. The van der Waals surface area contributed by atoms with Crippen LogP contribution in [0, 0.1) is 0 Å². The lowest BCUT2D eigenvalue weighted by molar-refractivity contribution is 0.0694. The van der Waals surface area contributed by atoms with Gasteiger partial charge in [0.15, 0.2) is 0 Å². The van der Waals surface area contributed by atoms with Gasteiger partial charge in [0, 0.05) is 16.8 Å². The molecule has 0 saturated heterocycles. The zero-order valence-corrected chi connectivity index (χ0v) is 11.9. The molecule has 0 radical (unpaired) electrons. The molecule has 6 heteroatoms. The number of ether oxygens (including phenoxy) is 1. The maximum absolute atomic E-state index is 11.1. The van der Waals surface area contributed by atoms with Crippen molar-refractivity contribution in [1.29, 1.82) is 0 Å². The first-order chi connectivity index (χ1) is 8.97. The van der Waals surface area contributed by atoms with Gasteiger partial charge in [-0.15, -0.1) is 0 Å². The summed E-state index contributed by atoms with van der Waals surface area (Å²) in [6.45, 7) is 0. The van der Waals surface area contributed by atoms with Crippen molar-refractivity contribution in [2.75, 3.05) is 5.73 Å². The third-order valence-electron chi connectivity index (χ3n) is 2.35. The minimum absolute atomic E-state index is 0.0380. The fourth-order valence-corrected chi connectivity index (χ4v) is 2.24. The molecule has 0 bridgehead atoms. The molecule has 19 heavy (non-hydrogen) atoms. The van der Waals surface area contributed by atoms with Gasteiger partial charge in [-0.05, 0) is 46.3 Å². The Balaban J connectivity index is 2.42. The van der Waals surface area contributed by atoms with Crippen LogP contribution in [0.25, 0.3) is 0 Å². The average molecular weight is 343 g/mol. The van der Waals surface area contributed by atoms with E-state index in [1.807, 2.05) is 0 Å². The summed E-state index contributed by atoms with van der Waals surface area (Å²) in [5.41, 5.74) is 6.10.